The van der Waals surface area contributed by atoms with Crippen LogP contribution in [0.1, 0.15) is 19.4 Å². The Balaban J connectivity index is 1.88. The predicted octanol–water partition coefficient (Wildman–Crippen LogP) is 1.78. The van der Waals surface area contributed by atoms with Gasteiger partial charge in [-0.25, -0.2) is 0 Å². The van der Waals surface area contributed by atoms with Gasteiger partial charge < -0.3 is 14.8 Å². The second kappa shape index (κ2) is 6.06. The van der Waals surface area contributed by atoms with E-state index in [0.717, 1.165) is 12.2 Å². The van der Waals surface area contributed by atoms with Crippen LogP contribution in [0, 0.1) is 5.92 Å². The maximum atomic E-state index is 11.7. The summed E-state index contributed by atoms with van der Waals surface area (Å²) in [4.78, 5) is 11.7. The van der Waals surface area contributed by atoms with Gasteiger partial charge in [-0.3, -0.25) is 4.79 Å². The van der Waals surface area contributed by atoms with Gasteiger partial charge in [-0.15, -0.1) is 0 Å². The van der Waals surface area contributed by atoms with Gasteiger partial charge in [0.25, 0.3) is 0 Å². The van der Waals surface area contributed by atoms with Crippen LogP contribution in [0.15, 0.2) is 24.3 Å². The molecule has 1 N–H and O–H groups in total. The van der Waals surface area contributed by atoms with Crippen LogP contribution < -0.4 is 10.1 Å². The van der Waals surface area contributed by atoms with Crippen molar-refractivity contribution >= 4 is 5.97 Å². The molecule has 1 aromatic rings. The molecule has 4 heteroatoms. The molecule has 4 nitrogen and oxygen atoms in total. The first-order chi connectivity index (χ1) is 9.11. The van der Waals surface area contributed by atoms with Gasteiger partial charge in [0.05, 0.1) is 7.11 Å². The Hall–Kier alpha value is -1.55. The molecule has 0 spiro atoms. The number of hydrogen-bond acceptors (Lipinski definition) is 4. The molecule has 0 amide bonds. The molecular weight excluding hydrogens is 242 g/mol. The number of hydrogen-bond donors (Lipinski definition) is 1. The monoisotopic (exact) mass is 263 g/mol. The minimum Gasteiger partial charge on any atom is -0.488 e. The summed E-state index contributed by atoms with van der Waals surface area (Å²) < 4.78 is 10.6. The summed E-state index contributed by atoms with van der Waals surface area (Å²) in [7, 11) is 1.42. The number of carbonyl (C=O) groups is 1. The smallest absolute Gasteiger partial charge is 0.323 e. The molecule has 2 rings (SSSR count). The third-order valence-electron chi connectivity index (χ3n) is 3.40. The highest BCUT2D eigenvalue weighted by Crippen LogP contribution is 2.27. The lowest BCUT2D eigenvalue weighted by Crippen LogP contribution is -2.45. The van der Waals surface area contributed by atoms with Crippen LogP contribution >= 0.6 is 0 Å². The number of rotatable bonds is 5. The van der Waals surface area contributed by atoms with Gasteiger partial charge in [-0.1, -0.05) is 32.0 Å². The zero-order valence-electron chi connectivity index (χ0n) is 11.7. The average molecular weight is 263 g/mol. The van der Waals surface area contributed by atoms with E-state index in [1.807, 2.05) is 32.0 Å². The van der Waals surface area contributed by atoms with Crippen molar-refractivity contribution in [3.63, 3.8) is 0 Å². The number of esters is 1. The van der Waals surface area contributed by atoms with Gasteiger partial charge in [-0.2, -0.15) is 0 Å². The fraction of sp³-hybridized carbons (Fsp3) is 0.533. The fourth-order valence-electron chi connectivity index (χ4n) is 2.34. The molecule has 2 unspecified atom stereocenters. The van der Waals surface area contributed by atoms with E-state index in [9.17, 15) is 4.79 Å². The zero-order valence-corrected chi connectivity index (χ0v) is 11.7. The van der Waals surface area contributed by atoms with Crippen molar-refractivity contribution in [1.29, 1.82) is 0 Å². The fourth-order valence-corrected chi connectivity index (χ4v) is 2.34. The maximum absolute atomic E-state index is 11.7. The van der Waals surface area contributed by atoms with E-state index in [0.29, 0.717) is 6.54 Å². The molecule has 0 saturated heterocycles. The van der Waals surface area contributed by atoms with Crippen LogP contribution in [0.2, 0.25) is 0 Å². The summed E-state index contributed by atoms with van der Waals surface area (Å²) in [5, 5.41) is 3.25. The van der Waals surface area contributed by atoms with Crippen LogP contribution in [0.4, 0.5) is 0 Å². The molecular formula is C15H21NO3. The number of para-hydroxylation sites is 1. The highest BCUT2D eigenvalue weighted by Gasteiger charge is 2.27. The number of methoxy groups -OCH3 is 1. The summed E-state index contributed by atoms with van der Waals surface area (Å²) in [6.45, 7) is 4.64. The third kappa shape index (κ3) is 3.26. The second-order valence-corrected chi connectivity index (χ2v) is 5.20. The topological polar surface area (TPSA) is 47.6 Å². The van der Waals surface area contributed by atoms with Crippen LogP contribution in [0.5, 0.6) is 5.75 Å². The van der Waals surface area contributed by atoms with Gasteiger partial charge >= 0.3 is 5.97 Å². The number of nitrogens with one attached hydrogen (secondary N) is 1. The van der Waals surface area contributed by atoms with Crippen molar-refractivity contribution in [1.82, 2.24) is 5.32 Å². The van der Waals surface area contributed by atoms with Crippen molar-refractivity contribution in [2.75, 3.05) is 13.7 Å². The van der Waals surface area contributed by atoms with Crippen LogP contribution in [-0.4, -0.2) is 31.8 Å². The first-order valence-electron chi connectivity index (χ1n) is 6.67. The van der Waals surface area contributed by atoms with E-state index in [-0.39, 0.29) is 24.0 Å². The number of ether oxygens (including phenoxy) is 2. The largest absolute Gasteiger partial charge is 0.488 e. The minimum absolute atomic E-state index is 0.0864. The van der Waals surface area contributed by atoms with Crippen molar-refractivity contribution in [3.05, 3.63) is 29.8 Å². The van der Waals surface area contributed by atoms with E-state index in [4.69, 9.17) is 9.47 Å². The first-order valence-corrected chi connectivity index (χ1v) is 6.67. The lowest BCUT2D eigenvalue weighted by atomic mass is 10.0. The third-order valence-corrected chi connectivity index (χ3v) is 3.40. The second-order valence-electron chi connectivity index (χ2n) is 5.20. The van der Waals surface area contributed by atoms with Gasteiger partial charge in [0.2, 0.25) is 0 Å². The molecule has 1 aliphatic heterocycles. The Labute approximate surface area is 114 Å². The minimum atomic E-state index is -0.280. The van der Waals surface area contributed by atoms with Crippen molar-refractivity contribution in [3.8, 4) is 5.75 Å². The van der Waals surface area contributed by atoms with Gasteiger partial charge in [0, 0.05) is 13.0 Å². The Morgan fingerprint density at radius 1 is 1.47 bits per heavy atom. The predicted molar refractivity (Wildman–Crippen MR) is 73.2 cm³/mol. The van der Waals surface area contributed by atoms with Gasteiger partial charge in [0.15, 0.2) is 0 Å². The van der Waals surface area contributed by atoms with Crippen molar-refractivity contribution in [2.45, 2.75) is 32.4 Å². The number of benzene rings is 1. The molecule has 1 heterocycles. The lowest BCUT2D eigenvalue weighted by molar-refractivity contribution is -0.144. The van der Waals surface area contributed by atoms with Crippen molar-refractivity contribution < 1.29 is 14.3 Å². The molecule has 0 fully saturated rings. The molecule has 104 valence electrons. The summed E-state index contributed by atoms with van der Waals surface area (Å²) >= 11 is 0. The van der Waals surface area contributed by atoms with E-state index < -0.39 is 0 Å². The highest BCUT2D eigenvalue weighted by molar-refractivity contribution is 5.75. The Morgan fingerprint density at radius 2 is 2.21 bits per heavy atom. The van der Waals surface area contributed by atoms with E-state index >= 15 is 0 Å². The van der Waals surface area contributed by atoms with Crippen LogP contribution in [0.25, 0.3) is 0 Å². The molecule has 0 aromatic heterocycles. The molecule has 1 aromatic carbocycles. The summed E-state index contributed by atoms with van der Waals surface area (Å²) in [5.41, 5.74) is 1.23. The van der Waals surface area contributed by atoms with Gasteiger partial charge in [-0.05, 0) is 17.5 Å². The standard InChI is InChI=1S/C15H21NO3/c1-10(2)14(15(17)18-3)16-9-12-8-11-6-4-5-7-13(11)19-12/h4-7,10,12,14,16H,8-9H2,1-3H3. The highest BCUT2D eigenvalue weighted by atomic mass is 16.5. The SMILES string of the molecule is COC(=O)C(NCC1Cc2ccccc2O1)C(C)C. The zero-order chi connectivity index (χ0) is 13.8. The Morgan fingerprint density at radius 3 is 2.84 bits per heavy atom. The van der Waals surface area contributed by atoms with E-state index in [1.165, 1.54) is 12.7 Å². The quantitative estimate of drug-likeness (QED) is 0.823. The summed E-state index contributed by atoms with van der Waals surface area (Å²) in [6.07, 6.45) is 0.970. The Kier molecular flexibility index (Phi) is 4.43. The number of fused-ring (bicyclic) bond motifs is 1. The maximum Gasteiger partial charge on any atom is 0.323 e. The molecule has 1 aliphatic rings. The average Bonchev–Trinajstić information content (AvgIpc) is 2.80. The normalized spacial score (nSPS) is 18.8. The summed E-state index contributed by atoms with van der Waals surface area (Å²) in [6, 6.07) is 7.77. The van der Waals surface area contributed by atoms with Gasteiger partial charge in [0.1, 0.15) is 17.9 Å². The molecule has 0 saturated carbocycles. The molecule has 0 bridgehead atoms. The Bertz CT molecular complexity index is 420. The summed E-state index contributed by atoms with van der Waals surface area (Å²) in [5.74, 6) is 0.926. The van der Waals surface area contributed by atoms with Crippen molar-refractivity contribution in [2.24, 2.45) is 5.92 Å². The molecule has 19 heavy (non-hydrogen) atoms. The lowest BCUT2D eigenvalue weighted by Gasteiger charge is -2.21. The molecule has 0 radical (unpaired) electrons. The van der Waals surface area contributed by atoms with Crippen LogP contribution in [-0.2, 0) is 16.0 Å². The number of carbonyl (C=O) groups excluding carboxylic acids is 1. The molecule has 2 atom stereocenters. The van der Waals surface area contributed by atoms with E-state index in [2.05, 4.69) is 11.4 Å². The molecule has 0 aliphatic carbocycles. The van der Waals surface area contributed by atoms with Crippen LogP contribution in [0.3, 0.4) is 0 Å². The first kappa shape index (κ1) is 13.9. The van der Waals surface area contributed by atoms with E-state index in [1.54, 1.807) is 0 Å².